The quantitative estimate of drug-likeness (QED) is 0.655. The molecule has 2 aliphatic rings. The van der Waals surface area contributed by atoms with E-state index in [1.165, 1.54) is 5.56 Å². The van der Waals surface area contributed by atoms with Crippen LogP contribution in [0.3, 0.4) is 0 Å². The maximum absolute atomic E-state index is 6.47. The molecule has 3 aromatic rings. The van der Waals surface area contributed by atoms with Crippen LogP contribution in [0.15, 0.2) is 83.9 Å². The fourth-order valence-corrected chi connectivity index (χ4v) is 4.38. The minimum absolute atomic E-state index is 0.558. The van der Waals surface area contributed by atoms with Crippen molar-refractivity contribution in [2.24, 2.45) is 4.99 Å². The zero-order chi connectivity index (χ0) is 18.3. The lowest BCUT2D eigenvalue weighted by molar-refractivity contribution is -0.191. The standard InChI is InChI=1S/C24H21NO2/c1-18-12-13-22-21(16-18)24(26-14-15-27-24)23(17-25-22,19-8-4-2-5-9-19)20-10-6-3-7-11-20/h2-13,16-17H,14-15H2,1H3. The number of rotatable bonds is 2. The second-order valence-corrected chi connectivity index (χ2v) is 7.13. The number of hydrogen-bond donors (Lipinski definition) is 0. The summed E-state index contributed by atoms with van der Waals surface area (Å²) in [7, 11) is 0. The Morgan fingerprint density at radius 3 is 1.96 bits per heavy atom. The lowest BCUT2D eigenvalue weighted by Gasteiger charge is -2.47. The SMILES string of the molecule is Cc1ccc2c(c1)C1(OCCO1)C(c1ccccc1)(c1ccccc1)C=N2. The molecular formula is C24H21NO2. The number of ether oxygens (including phenoxy) is 2. The van der Waals surface area contributed by atoms with E-state index in [4.69, 9.17) is 14.5 Å². The number of fused-ring (bicyclic) bond motifs is 2. The zero-order valence-electron chi connectivity index (χ0n) is 15.3. The molecule has 0 N–H and O–H groups in total. The fraction of sp³-hybridized carbons (Fsp3) is 0.208. The summed E-state index contributed by atoms with van der Waals surface area (Å²) in [6, 6.07) is 27.1. The van der Waals surface area contributed by atoms with Gasteiger partial charge < -0.3 is 9.47 Å². The van der Waals surface area contributed by atoms with Crippen LogP contribution in [0.25, 0.3) is 0 Å². The third kappa shape index (κ3) is 2.25. The first-order valence-corrected chi connectivity index (χ1v) is 9.32. The van der Waals surface area contributed by atoms with E-state index in [-0.39, 0.29) is 0 Å². The molecular weight excluding hydrogens is 334 g/mol. The number of aliphatic imine (C=N–C) groups is 1. The predicted octanol–water partition coefficient (Wildman–Crippen LogP) is 4.90. The van der Waals surface area contributed by atoms with Gasteiger partial charge in [0, 0.05) is 11.8 Å². The lowest BCUT2D eigenvalue weighted by Crippen LogP contribution is -2.53. The van der Waals surface area contributed by atoms with E-state index in [1.54, 1.807) is 0 Å². The van der Waals surface area contributed by atoms with Crippen LogP contribution >= 0.6 is 0 Å². The molecule has 0 aromatic heterocycles. The van der Waals surface area contributed by atoms with Gasteiger partial charge in [0.1, 0.15) is 5.41 Å². The number of nitrogens with zero attached hydrogens (tertiary/aromatic N) is 1. The van der Waals surface area contributed by atoms with E-state index in [2.05, 4.69) is 67.6 Å². The van der Waals surface area contributed by atoms with Gasteiger partial charge in [-0.1, -0.05) is 72.3 Å². The Balaban J connectivity index is 1.88. The first-order chi connectivity index (χ1) is 13.3. The second-order valence-electron chi connectivity index (χ2n) is 7.13. The van der Waals surface area contributed by atoms with Crippen molar-refractivity contribution in [3.05, 3.63) is 101 Å². The topological polar surface area (TPSA) is 30.8 Å². The number of benzene rings is 3. The molecule has 0 bridgehead atoms. The number of aryl methyl sites for hydroxylation is 1. The molecule has 0 amide bonds. The molecule has 3 aromatic carbocycles. The van der Waals surface area contributed by atoms with E-state index in [1.807, 2.05) is 24.4 Å². The first kappa shape index (κ1) is 16.4. The predicted molar refractivity (Wildman–Crippen MR) is 107 cm³/mol. The van der Waals surface area contributed by atoms with Crippen molar-refractivity contribution in [1.29, 1.82) is 0 Å². The molecule has 2 aliphatic heterocycles. The van der Waals surface area contributed by atoms with Crippen molar-refractivity contribution in [1.82, 2.24) is 0 Å². The summed E-state index contributed by atoms with van der Waals surface area (Å²) in [5.41, 5.74) is 4.62. The van der Waals surface area contributed by atoms with Crippen LogP contribution in [-0.4, -0.2) is 19.4 Å². The molecule has 1 spiro atoms. The van der Waals surface area contributed by atoms with E-state index in [0.717, 1.165) is 22.4 Å². The molecule has 0 aliphatic carbocycles. The van der Waals surface area contributed by atoms with Crippen molar-refractivity contribution in [3.63, 3.8) is 0 Å². The number of hydrogen-bond acceptors (Lipinski definition) is 3. The van der Waals surface area contributed by atoms with Gasteiger partial charge in [0.25, 0.3) is 0 Å². The molecule has 3 nitrogen and oxygen atoms in total. The molecule has 0 atom stereocenters. The lowest BCUT2D eigenvalue weighted by atomic mass is 9.65. The van der Waals surface area contributed by atoms with Gasteiger partial charge in [0.05, 0.1) is 18.9 Å². The Morgan fingerprint density at radius 2 is 1.37 bits per heavy atom. The van der Waals surface area contributed by atoms with Gasteiger partial charge in [-0.25, -0.2) is 0 Å². The van der Waals surface area contributed by atoms with Gasteiger partial charge in [-0.2, -0.15) is 0 Å². The van der Waals surface area contributed by atoms with Crippen LogP contribution < -0.4 is 0 Å². The van der Waals surface area contributed by atoms with Crippen molar-refractivity contribution in [2.75, 3.05) is 13.2 Å². The molecule has 5 rings (SSSR count). The summed E-state index contributed by atoms with van der Waals surface area (Å²) in [5, 5.41) is 0. The minimum Gasteiger partial charge on any atom is -0.342 e. The van der Waals surface area contributed by atoms with Gasteiger partial charge in [0.15, 0.2) is 0 Å². The molecule has 27 heavy (non-hydrogen) atoms. The molecule has 2 heterocycles. The average Bonchev–Trinajstić information content (AvgIpc) is 3.21. The van der Waals surface area contributed by atoms with Crippen molar-refractivity contribution in [3.8, 4) is 0 Å². The smallest absolute Gasteiger partial charge is 0.216 e. The summed E-state index contributed by atoms with van der Waals surface area (Å²) in [4.78, 5) is 4.87. The Kier molecular flexibility index (Phi) is 3.74. The Labute approximate surface area is 159 Å². The summed E-state index contributed by atoms with van der Waals surface area (Å²) in [6.07, 6.45) is 2.01. The van der Waals surface area contributed by atoms with E-state index in [0.29, 0.717) is 13.2 Å². The van der Waals surface area contributed by atoms with Crippen LogP contribution in [0.1, 0.15) is 22.3 Å². The van der Waals surface area contributed by atoms with E-state index >= 15 is 0 Å². The molecule has 1 saturated heterocycles. The van der Waals surface area contributed by atoms with Gasteiger partial charge >= 0.3 is 0 Å². The van der Waals surface area contributed by atoms with Gasteiger partial charge in [-0.15, -0.1) is 0 Å². The third-order valence-electron chi connectivity index (χ3n) is 5.58. The average molecular weight is 355 g/mol. The normalized spacial score (nSPS) is 19.1. The maximum Gasteiger partial charge on any atom is 0.216 e. The van der Waals surface area contributed by atoms with E-state index in [9.17, 15) is 0 Å². The maximum atomic E-state index is 6.47. The van der Waals surface area contributed by atoms with Crippen LogP contribution in [0.2, 0.25) is 0 Å². The zero-order valence-corrected chi connectivity index (χ0v) is 15.3. The molecule has 0 saturated carbocycles. The van der Waals surface area contributed by atoms with Crippen LogP contribution in [0.5, 0.6) is 0 Å². The summed E-state index contributed by atoms with van der Waals surface area (Å²) >= 11 is 0. The summed E-state index contributed by atoms with van der Waals surface area (Å²) in [6.45, 7) is 3.21. The third-order valence-corrected chi connectivity index (χ3v) is 5.58. The largest absolute Gasteiger partial charge is 0.342 e. The highest BCUT2D eigenvalue weighted by Crippen LogP contribution is 2.56. The second kappa shape index (κ2) is 6.15. The minimum atomic E-state index is -0.932. The molecule has 134 valence electrons. The van der Waals surface area contributed by atoms with Crippen molar-refractivity contribution >= 4 is 11.9 Å². The summed E-state index contributed by atoms with van der Waals surface area (Å²) in [5.74, 6) is -0.932. The van der Waals surface area contributed by atoms with Gasteiger partial charge in [-0.05, 0) is 30.2 Å². The van der Waals surface area contributed by atoms with Gasteiger partial charge in [-0.3, -0.25) is 4.99 Å². The molecule has 0 radical (unpaired) electrons. The van der Waals surface area contributed by atoms with E-state index < -0.39 is 11.2 Å². The summed E-state index contributed by atoms with van der Waals surface area (Å²) < 4.78 is 12.9. The Morgan fingerprint density at radius 1 is 0.778 bits per heavy atom. The monoisotopic (exact) mass is 355 g/mol. The van der Waals surface area contributed by atoms with Crippen molar-refractivity contribution in [2.45, 2.75) is 18.1 Å². The highest BCUT2D eigenvalue weighted by Gasteiger charge is 2.60. The van der Waals surface area contributed by atoms with Crippen LogP contribution in [0.4, 0.5) is 5.69 Å². The molecule has 3 heteroatoms. The first-order valence-electron chi connectivity index (χ1n) is 9.32. The van der Waals surface area contributed by atoms with Crippen LogP contribution in [0, 0.1) is 6.92 Å². The molecule has 1 fully saturated rings. The Hall–Kier alpha value is -2.75. The highest BCUT2D eigenvalue weighted by molar-refractivity contribution is 5.87. The molecule has 0 unspecified atom stereocenters. The van der Waals surface area contributed by atoms with Crippen LogP contribution in [-0.2, 0) is 20.7 Å². The van der Waals surface area contributed by atoms with Crippen molar-refractivity contribution < 1.29 is 9.47 Å². The fourth-order valence-electron chi connectivity index (χ4n) is 4.38. The van der Waals surface area contributed by atoms with Gasteiger partial charge in [0.2, 0.25) is 5.79 Å². The highest BCUT2D eigenvalue weighted by atomic mass is 16.7. The Bertz CT molecular complexity index is 950.